The van der Waals surface area contributed by atoms with Crippen LogP contribution >= 0.6 is 0 Å². The summed E-state index contributed by atoms with van der Waals surface area (Å²) in [7, 11) is 0. The molecule has 0 radical (unpaired) electrons. The van der Waals surface area contributed by atoms with Gasteiger partial charge in [0.15, 0.2) is 0 Å². The molecule has 0 bridgehead atoms. The molecule has 0 saturated carbocycles. The van der Waals surface area contributed by atoms with Crippen molar-refractivity contribution in [2.45, 2.75) is 39.0 Å². The van der Waals surface area contributed by atoms with Crippen molar-refractivity contribution in [3.8, 4) is 0 Å². The van der Waals surface area contributed by atoms with Gasteiger partial charge in [0, 0.05) is 36.1 Å². The van der Waals surface area contributed by atoms with E-state index in [4.69, 9.17) is 0 Å². The fourth-order valence-corrected chi connectivity index (χ4v) is 3.19. The van der Waals surface area contributed by atoms with Gasteiger partial charge in [-0.05, 0) is 44.2 Å². The highest BCUT2D eigenvalue weighted by atomic mass is 16.2. The summed E-state index contributed by atoms with van der Waals surface area (Å²) in [6, 6.07) is 8.34. The Morgan fingerprint density at radius 3 is 2.75 bits per heavy atom. The lowest BCUT2D eigenvalue weighted by Crippen LogP contribution is -2.35. The van der Waals surface area contributed by atoms with Crippen LogP contribution in [0.1, 0.15) is 36.9 Å². The first kappa shape index (κ1) is 13.2. The second kappa shape index (κ2) is 5.70. The number of aryl methyl sites for hydroxylation is 2. The molecule has 0 aliphatic carbocycles. The molecule has 3 nitrogen and oxygen atoms in total. The third-order valence-corrected chi connectivity index (χ3v) is 4.32. The predicted molar refractivity (Wildman–Crippen MR) is 81.8 cm³/mol. The molecule has 0 spiro atoms. The van der Waals surface area contributed by atoms with E-state index in [-0.39, 0.29) is 0 Å². The highest BCUT2D eigenvalue weighted by Crippen LogP contribution is 2.23. The number of nitrogens with one attached hydrogen (secondary N) is 1. The zero-order chi connectivity index (χ0) is 13.9. The molecule has 1 N–H and O–H groups in total. The van der Waals surface area contributed by atoms with Crippen molar-refractivity contribution in [1.82, 2.24) is 9.88 Å². The minimum atomic E-state index is 0.314. The number of piperidine rings is 1. The second-order valence-electron chi connectivity index (χ2n) is 5.72. The number of fused-ring (bicyclic) bond motifs is 1. The lowest BCUT2D eigenvalue weighted by Gasteiger charge is -2.26. The van der Waals surface area contributed by atoms with E-state index in [0.29, 0.717) is 12.3 Å². The summed E-state index contributed by atoms with van der Waals surface area (Å²) in [6.07, 6.45) is 5.06. The third-order valence-electron chi connectivity index (χ3n) is 4.32. The second-order valence-corrected chi connectivity index (χ2v) is 5.72. The van der Waals surface area contributed by atoms with Gasteiger partial charge in [-0.15, -0.1) is 0 Å². The maximum absolute atomic E-state index is 12.3. The number of para-hydroxylation sites is 1. The molecule has 1 fully saturated rings. The average Bonchev–Trinajstić information content (AvgIpc) is 2.81. The molecular weight excluding hydrogens is 248 g/mol. The first-order valence-corrected chi connectivity index (χ1v) is 7.59. The van der Waals surface area contributed by atoms with Crippen LogP contribution in [0.25, 0.3) is 10.9 Å². The van der Waals surface area contributed by atoms with Gasteiger partial charge in [0.05, 0.1) is 0 Å². The Morgan fingerprint density at radius 2 is 1.95 bits per heavy atom. The first-order chi connectivity index (χ1) is 9.75. The van der Waals surface area contributed by atoms with Crippen molar-refractivity contribution in [3.63, 3.8) is 0 Å². The van der Waals surface area contributed by atoms with Crippen molar-refractivity contribution < 1.29 is 4.79 Å². The van der Waals surface area contributed by atoms with Gasteiger partial charge in [-0.1, -0.05) is 18.2 Å². The molecule has 2 heterocycles. The van der Waals surface area contributed by atoms with Crippen LogP contribution in [0, 0.1) is 6.92 Å². The summed E-state index contributed by atoms with van der Waals surface area (Å²) in [5, 5.41) is 1.26. The molecule has 20 heavy (non-hydrogen) atoms. The number of nitrogens with zero attached hydrogens (tertiary/aromatic N) is 1. The van der Waals surface area contributed by atoms with Gasteiger partial charge in [0.2, 0.25) is 5.91 Å². The van der Waals surface area contributed by atoms with Crippen LogP contribution in [0.15, 0.2) is 24.3 Å². The molecule has 0 atom stereocenters. The summed E-state index contributed by atoms with van der Waals surface area (Å²) in [4.78, 5) is 17.7. The van der Waals surface area contributed by atoms with Crippen LogP contribution < -0.4 is 0 Å². The monoisotopic (exact) mass is 270 g/mol. The lowest BCUT2D eigenvalue weighted by atomic mass is 10.0. The van der Waals surface area contributed by atoms with Gasteiger partial charge < -0.3 is 9.88 Å². The van der Waals surface area contributed by atoms with Gasteiger partial charge in [-0.25, -0.2) is 0 Å². The molecule has 1 saturated heterocycles. The first-order valence-electron chi connectivity index (χ1n) is 7.59. The van der Waals surface area contributed by atoms with Crippen LogP contribution in [0.4, 0.5) is 0 Å². The Labute approximate surface area is 120 Å². The Morgan fingerprint density at radius 1 is 1.20 bits per heavy atom. The average molecular weight is 270 g/mol. The summed E-state index contributed by atoms with van der Waals surface area (Å²) >= 11 is 0. The van der Waals surface area contributed by atoms with E-state index < -0.39 is 0 Å². The Bertz CT molecular complexity index is 608. The molecule has 1 aromatic carbocycles. The van der Waals surface area contributed by atoms with Crippen LogP contribution in [-0.2, 0) is 11.2 Å². The van der Waals surface area contributed by atoms with Crippen LogP contribution in [0.2, 0.25) is 0 Å². The fraction of sp³-hybridized carbons (Fsp3) is 0.471. The smallest absolute Gasteiger partial charge is 0.222 e. The van der Waals surface area contributed by atoms with E-state index >= 15 is 0 Å². The lowest BCUT2D eigenvalue weighted by molar-refractivity contribution is -0.132. The molecule has 1 amide bonds. The van der Waals surface area contributed by atoms with Crippen LogP contribution in [0.3, 0.4) is 0 Å². The Hall–Kier alpha value is -1.77. The number of rotatable bonds is 3. The molecule has 1 aliphatic heterocycles. The molecule has 2 aromatic rings. The molecule has 1 aliphatic rings. The van der Waals surface area contributed by atoms with E-state index in [1.165, 1.54) is 28.6 Å². The summed E-state index contributed by atoms with van der Waals surface area (Å²) in [6.45, 7) is 4.00. The SMILES string of the molecule is Cc1[nH]c2ccccc2c1CCC(=O)N1CCCCC1. The van der Waals surface area contributed by atoms with E-state index in [0.717, 1.165) is 32.4 Å². The topological polar surface area (TPSA) is 36.1 Å². The number of H-pyrrole nitrogens is 1. The quantitative estimate of drug-likeness (QED) is 0.911. The summed E-state index contributed by atoms with van der Waals surface area (Å²) in [5.74, 6) is 0.314. The molecule has 0 unspecified atom stereocenters. The maximum atomic E-state index is 12.3. The van der Waals surface area contributed by atoms with Gasteiger partial charge in [0.25, 0.3) is 0 Å². The summed E-state index contributed by atoms with van der Waals surface area (Å²) in [5.41, 5.74) is 3.66. The molecular formula is C17H22N2O. The largest absolute Gasteiger partial charge is 0.358 e. The maximum Gasteiger partial charge on any atom is 0.222 e. The van der Waals surface area contributed by atoms with Crippen LogP contribution in [-0.4, -0.2) is 28.9 Å². The van der Waals surface area contributed by atoms with E-state index in [1.54, 1.807) is 0 Å². The number of carbonyl (C=O) groups excluding carboxylic acids is 1. The number of aromatic nitrogens is 1. The fourth-order valence-electron chi connectivity index (χ4n) is 3.19. The van der Waals surface area contributed by atoms with Crippen molar-refractivity contribution in [2.24, 2.45) is 0 Å². The number of benzene rings is 1. The third kappa shape index (κ3) is 2.58. The minimum absolute atomic E-state index is 0.314. The van der Waals surface area contributed by atoms with Gasteiger partial charge in [-0.2, -0.15) is 0 Å². The normalized spacial score (nSPS) is 15.8. The van der Waals surface area contributed by atoms with Crippen molar-refractivity contribution in [1.29, 1.82) is 0 Å². The number of carbonyl (C=O) groups is 1. The zero-order valence-corrected chi connectivity index (χ0v) is 12.1. The number of aromatic amines is 1. The zero-order valence-electron chi connectivity index (χ0n) is 12.1. The minimum Gasteiger partial charge on any atom is -0.358 e. The number of likely N-dealkylation sites (tertiary alicyclic amines) is 1. The van der Waals surface area contributed by atoms with E-state index in [1.807, 2.05) is 11.0 Å². The summed E-state index contributed by atoms with van der Waals surface area (Å²) < 4.78 is 0. The highest BCUT2D eigenvalue weighted by Gasteiger charge is 2.17. The molecule has 1 aromatic heterocycles. The number of hydrogen-bond acceptors (Lipinski definition) is 1. The van der Waals surface area contributed by atoms with Crippen LogP contribution in [0.5, 0.6) is 0 Å². The van der Waals surface area contributed by atoms with Gasteiger partial charge in [-0.3, -0.25) is 4.79 Å². The van der Waals surface area contributed by atoms with E-state index in [9.17, 15) is 4.79 Å². The Balaban J connectivity index is 1.70. The standard InChI is InChI=1S/C17H22N2O/c1-13-14(15-7-3-4-8-16(15)18-13)9-10-17(20)19-11-5-2-6-12-19/h3-4,7-8,18H,2,5-6,9-12H2,1H3. The van der Waals surface area contributed by atoms with Gasteiger partial charge >= 0.3 is 0 Å². The number of amides is 1. The molecule has 106 valence electrons. The molecule has 3 rings (SSSR count). The van der Waals surface area contributed by atoms with E-state index in [2.05, 4.69) is 30.1 Å². The molecule has 3 heteroatoms. The predicted octanol–water partition coefficient (Wildman–Crippen LogP) is 3.42. The number of hydrogen-bond donors (Lipinski definition) is 1. The highest BCUT2D eigenvalue weighted by molar-refractivity contribution is 5.85. The van der Waals surface area contributed by atoms with Gasteiger partial charge in [0.1, 0.15) is 0 Å². The van der Waals surface area contributed by atoms with Crippen molar-refractivity contribution in [3.05, 3.63) is 35.5 Å². The van der Waals surface area contributed by atoms with Crippen molar-refractivity contribution in [2.75, 3.05) is 13.1 Å². The Kier molecular flexibility index (Phi) is 3.77. The van der Waals surface area contributed by atoms with Crippen molar-refractivity contribution >= 4 is 16.8 Å².